The van der Waals surface area contributed by atoms with Gasteiger partial charge in [-0.05, 0) is 30.4 Å². The first kappa shape index (κ1) is 18.7. The SMILES string of the molecule is CN(C)c1cc(NC2CCN(C(=O)C3OCCc4ccccc43)CC2)ncn1. The second-order valence-corrected chi connectivity index (χ2v) is 7.60. The van der Waals surface area contributed by atoms with Gasteiger partial charge in [0.25, 0.3) is 5.91 Å². The molecule has 1 saturated heterocycles. The first-order chi connectivity index (χ1) is 13.6. The molecule has 1 aromatic heterocycles. The van der Waals surface area contributed by atoms with Gasteiger partial charge in [0.1, 0.15) is 18.0 Å². The number of hydrogen-bond acceptors (Lipinski definition) is 6. The van der Waals surface area contributed by atoms with E-state index in [2.05, 4.69) is 21.4 Å². The van der Waals surface area contributed by atoms with Gasteiger partial charge in [-0.15, -0.1) is 0 Å². The van der Waals surface area contributed by atoms with Crippen LogP contribution in [-0.2, 0) is 16.0 Å². The van der Waals surface area contributed by atoms with E-state index >= 15 is 0 Å². The topological polar surface area (TPSA) is 70.6 Å². The third kappa shape index (κ3) is 3.94. The van der Waals surface area contributed by atoms with E-state index < -0.39 is 6.10 Å². The van der Waals surface area contributed by atoms with Gasteiger partial charge in [0.05, 0.1) is 6.61 Å². The normalized spacial score (nSPS) is 19.8. The summed E-state index contributed by atoms with van der Waals surface area (Å²) in [6.45, 7) is 2.06. The van der Waals surface area contributed by atoms with E-state index in [1.54, 1.807) is 6.33 Å². The van der Waals surface area contributed by atoms with E-state index in [4.69, 9.17) is 4.74 Å². The number of fused-ring (bicyclic) bond motifs is 1. The first-order valence-corrected chi connectivity index (χ1v) is 9.86. The lowest BCUT2D eigenvalue weighted by atomic mass is 9.96. The third-order valence-corrected chi connectivity index (χ3v) is 5.49. The zero-order chi connectivity index (χ0) is 19.5. The van der Waals surface area contributed by atoms with Gasteiger partial charge in [-0.2, -0.15) is 0 Å². The summed E-state index contributed by atoms with van der Waals surface area (Å²) in [5.74, 6) is 1.79. The Balaban J connectivity index is 1.36. The Hall–Kier alpha value is -2.67. The van der Waals surface area contributed by atoms with Crippen LogP contribution in [0.15, 0.2) is 36.7 Å². The lowest BCUT2D eigenvalue weighted by Crippen LogP contribution is -2.45. The summed E-state index contributed by atoms with van der Waals surface area (Å²) in [5.41, 5.74) is 2.25. The molecular weight excluding hydrogens is 354 g/mol. The number of aromatic nitrogens is 2. The van der Waals surface area contributed by atoms with Crippen molar-refractivity contribution in [3.63, 3.8) is 0 Å². The highest BCUT2D eigenvalue weighted by atomic mass is 16.5. The molecule has 0 radical (unpaired) electrons. The molecule has 7 heteroatoms. The van der Waals surface area contributed by atoms with E-state index in [9.17, 15) is 4.79 Å². The Bertz CT molecular complexity index is 833. The van der Waals surface area contributed by atoms with Crippen molar-refractivity contribution in [2.24, 2.45) is 0 Å². The molecule has 2 aliphatic heterocycles. The summed E-state index contributed by atoms with van der Waals surface area (Å²) in [5, 5.41) is 3.48. The molecule has 28 heavy (non-hydrogen) atoms. The summed E-state index contributed by atoms with van der Waals surface area (Å²) in [6, 6.07) is 10.4. The molecule has 1 fully saturated rings. The molecule has 1 aromatic carbocycles. The predicted molar refractivity (Wildman–Crippen MR) is 108 cm³/mol. The Morgan fingerprint density at radius 2 is 2.00 bits per heavy atom. The third-order valence-electron chi connectivity index (χ3n) is 5.49. The van der Waals surface area contributed by atoms with Gasteiger partial charge in [-0.1, -0.05) is 24.3 Å². The molecule has 1 unspecified atom stereocenters. The number of nitrogens with zero attached hydrogens (tertiary/aromatic N) is 4. The number of hydrogen-bond donors (Lipinski definition) is 1. The van der Waals surface area contributed by atoms with Crippen molar-refractivity contribution in [3.8, 4) is 0 Å². The molecule has 2 aliphatic rings. The largest absolute Gasteiger partial charge is 0.367 e. The highest BCUT2D eigenvalue weighted by molar-refractivity contribution is 5.83. The number of carbonyl (C=O) groups excluding carboxylic acids is 1. The van der Waals surface area contributed by atoms with Crippen LogP contribution in [0.1, 0.15) is 30.1 Å². The van der Waals surface area contributed by atoms with Crippen molar-refractivity contribution in [2.45, 2.75) is 31.4 Å². The number of piperidine rings is 1. The minimum atomic E-state index is -0.459. The quantitative estimate of drug-likeness (QED) is 0.876. The molecule has 0 saturated carbocycles. The van der Waals surface area contributed by atoms with Gasteiger partial charge in [0.15, 0.2) is 6.10 Å². The fraction of sp³-hybridized carbons (Fsp3) is 0.476. The van der Waals surface area contributed by atoms with Crippen LogP contribution in [0.5, 0.6) is 0 Å². The van der Waals surface area contributed by atoms with Gasteiger partial charge in [-0.3, -0.25) is 4.79 Å². The van der Waals surface area contributed by atoms with Gasteiger partial charge in [0.2, 0.25) is 0 Å². The number of ether oxygens (including phenoxy) is 1. The molecule has 3 heterocycles. The van der Waals surface area contributed by atoms with Gasteiger partial charge in [0, 0.05) is 39.3 Å². The van der Waals surface area contributed by atoms with E-state index in [0.717, 1.165) is 49.6 Å². The number of nitrogens with one attached hydrogen (secondary N) is 1. The standard InChI is InChI=1S/C21H27N5O2/c1-25(2)19-13-18(22-14-23-19)24-16-7-10-26(11-8-16)21(27)20-17-6-4-3-5-15(17)9-12-28-20/h3-6,13-14,16,20H,7-12H2,1-2H3,(H,22,23,24). The molecule has 1 atom stereocenters. The minimum Gasteiger partial charge on any atom is -0.367 e. The number of benzene rings is 1. The monoisotopic (exact) mass is 381 g/mol. The zero-order valence-electron chi connectivity index (χ0n) is 16.5. The molecule has 7 nitrogen and oxygen atoms in total. The molecular formula is C21H27N5O2. The maximum absolute atomic E-state index is 13.1. The number of amides is 1. The fourth-order valence-electron chi connectivity index (χ4n) is 3.89. The maximum atomic E-state index is 13.1. The average Bonchev–Trinajstić information content (AvgIpc) is 2.73. The molecule has 148 valence electrons. The van der Waals surface area contributed by atoms with Crippen molar-refractivity contribution in [3.05, 3.63) is 47.8 Å². The number of rotatable bonds is 4. The second-order valence-electron chi connectivity index (χ2n) is 7.60. The molecule has 4 rings (SSSR count). The zero-order valence-corrected chi connectivity index (χ0v) is 16.5. The molecule has 0 bridgehead atoms. The summed E-state index contributed by atoms with van der Waals surface area (Å²) in [7, 11) is 3.92. The molecule has 1 amide bonds. The van der Waals surface area contributed by atoms with Crippen LogP contribution in [-0.4, -0.2) is 60.6 Å². The minimum absolute atomic E-state index is 0.0857. The van der Waals surface area contributed by atoms with Crippen LogP contribution in [0.2, 0.25) is 0 Å². The average molecular weight is 381 g/mol. The van der Waals surface area contributed by atoms with E-state index in [1.165, 1.54) is 5.56 Å². The summed E-state index contributed by atoms with van der Waals surface area (Å²) in [6.07, 6.45) is 3.77. The van der Waals surface area contributed by atoms with Crippen LogP contribution < -0.4 is 10.2 Å². The van der Waals surface area contributed by atoms with Crippen LogP contribution in [0.25, 0.3) is 0 Å². The van der Waals surface area contributed by atoms with Crippen LogP contribution in [0.3, 0.4) is 0 Å². The highest BCUT2D eigenvalue weighted by Gasteiger charge is 2.32. The first-order valence-electron chi connectivity index (χ1n) is 9.86. The molecule has 0 spiro atoms. The number of likely N-dealkylation sites (tertiary alicyclic amines) is 1. The van der Waals surface area contributed by atoms with Gasteiger partial charge >= 0.3 is 0 Å². The highest BCUT2D eigenvalue weighted by Crippen LogP contribution is 2.29. The predicted octanol–water partition coefficient (Wildman–Crippen LogP) is 2.26. The molecule has 1 N–H and O–H groups in total. The number of carbonyl (C=O) groups is 1. The summed E-state index contributed by atoms with van der Waals surface area (Å²) >= 11 is 0. The van der Waals surface area contributed by atoms with Crippen molar-refractivity contribution >= 4 is 17.5 Å². The van der Waals surface area contributed by atoms with Crippen molar-refractivity contribution < 1.29 is 9.53 Å². The lowest BCUT2D eigenvalue weighted by molar-refractivity contribution is -0.146. The van der Waals surface area contributed by atoms with Crippen LogP contribution in [0, 0.1) is 0 Å². The van der Waals surface area contributed by atoms with Crippen LogP contribution >= 0.6 is 0 Å². The Labute approximate surface area is 165 Å². The molecule has 0 aliphatic carbocycles. The van der Waals surface area contributed by atoms with Crippen LogP contribution in [0.4, 0.5) is 11.6 Å². The Kier molecular flexibility index (Phi) is 5.43. The summed E-state index contributed by atoms with van der Waals surface area (Å²) in [4.78, 5) is 25.5. The van der Waals surface area contributed by atoms with E-state index in [0.29, 0.717) is 12.6 Å². The Morgan fingerprint density at radius 1 is 1.21 bits per heavy atom. The summed E-state index contributed by atoms with van der Waals surface area (Å²) < 4.78 is 5.85. The smallest absolute Gasteiger partial charge is 0.256 e. The maximum Gasteiger partial charge on any atom is 0.256 e. The van der Waals surface area contributed by atoms with Gasteiger partial charge in [-0.25, -0.2) is 9.97 Å². The van der Waals surface area contributed by atoms with Crippen molar-refractivity contribution in [1.82, 2.24) is 14.9 Å². The van der Waals surface area contributed by atoms with Crippen molar-refractivity contribution in [1.29, 1.82) is 0 Å². The number of anilines is 2. The molecule has 2 aromatic rings. The fourth-order valence-corrected chi connectivity index (χ4v) is 3.89. The second kappa shape index (κ2) is 8.14. The van der Waals surface area contributed by atoms with Gasteiger partial charge < -0.3 is 19.9 Å². The van der Waals surface area contributed by atoms with E-state index in [1.807, 2.05) is 48.2 Å². The van der Waals surface area contributed by atoms with E-state index in [-0.39, 0.29) is 5.91 Å². The lowest BCUT2D eigenvalue weighted by Gasteiger charge is -2.36. The Morgan fingerprint density at radius 3 is 2.79 bits per heavy atom. The van der Waals surface area contributed by atoms with Crippen molar-refractivity contribution in [2.75, 3.05) is 44.0 Å².